The average Bonchev–Trinajstić information content (AvgIpc) is 1.82. The summed E-state index contributed by atoms with van der Waals surface area (Å²) in [5.74, 6) is 0. The van der Waals surface area contributed by atoms with Crippen LogP contribution in [0.15, 0.2) is 0 Å². The zero-order valence-electron chi connectivity index (χ0n) is 7.04. The fraction of sp³-hybridized carbons (Fsp3) is 1.00. The number of hydrogen-bond acceptors (Lipinski definition) is 4. The van der Waals surface area contributed by atoms with Crippen molar-refractivity contribution in [1.29, 1.82) is 0 Å². The standard InChI is InChI=1S/C5H14NO6P/c7-3-1-6(9,2-4-8)5-13(10,11)12/h7-8H,1-5H2,(H2,10,11,12). The van der Waals surface area contributed by atoms with Crippen LogP contribution in [-0.2, 0) is 4.57 Å². The van der Waals surface area contributed by atoms with Crippen LogP contribution in [0.25, 0.3) is 0 Å². The highest BCUT2D eigenvalue weighted by molar-refractivity contribution is 7.51. The summed E-state index contributed by atoms with van der Waals surface area (Å²) in [4.78, 5) is 17.1. The van der Waals surface area contributed by atoms with E-state index in [1.165, 1.54) is 0 Å². The van der Waals surface area contributed by atoms with Gasteiger partial charge in [-0.1, -0.05) is 0 Å². The van der Waals surface area contributed by atoms with Gasteiger partial charge in [-0.25, -0.2) is 0 Å². The predicted molar refractivity (Wildman–Crippen MR) is 44.4 cm³/mol. The van der Waals surface area contributed by atoms with Gasteiger partial charge in [-0.05, 0) is 0 Å². The molecule has 0 aromatic rings. The first-order valence-electron chi connectivity index (χ1n) is 3.66. The molecule has 0 saturated heterocycles. The predicted octanol–water partition coefficient (Wildman–Crippen LogP) is -1.58. The third-order valence-corrected chi connectivity index (χ3v) is 2.34. The number of hydrogen-bond donors (Lipinski definition) is 4. The van der Waals surface area contributed by atoms with Gasteiger partial charge in [0.1, 0.15) is 13.1 Å². The normalized spacial score (nSPS) is 13.3. The maximum Gasteiger partial charge on any atom is 0.379 e. The number of nitrogens with zero attached hydrogens (tertiary/aromatic N) is 1. The molecule has 0 aromatic carbocycles. The first-order valence-corrected chi connectivity index (χ1v) is 5.46. The molecule has 0 radical (unpaired) electrons. The van der Waals surface area contributed by atoms with Crippen molar-refractivity contribution in [3.8, 4) is 0 Å². The molecule has 0 amide bonds. The molecular formula is C5H14NO6P. The fourth-order valence-electron chi connectivity index (χ4n) is 0.953. The van der Waals surface area contributed by atoms with Crippen molar-refractivity contribution in [3.05, 3.63) is 5.21 Å². The smallest absolute Gasteiger partial charge is 0.379 e. The molecule has 0 atom stereocenters. The van der Waals surface area contributed by atoms with Gasteiger partial charge >= 0.3 is 7.60 Å². The molecule has 0 spiro atoms. The second kappa shape index (κ2) is 5.02. The highest BCUT2D eigenvalue weighted by Gasteiger charge is 2.27. The molecule has 0 unspecified atom stereocenters. The molecule has 0 fully saturated rings. The van der Waals surface area contributed by atoms with Gasteiger partial charge in [0, 0.05) is 0 Å². The van der Waals surface area contributed by atoms with Gasteiger partial charge in [0.2, 0.25) is 0 Å². The first-order chi connectivity index (χ1) is 5.83. The third-order valence-electron chi connectivity index (χ3n) is 1.46. The maximum atomic E-state index is 11.4. The number of aliphatic hydroxyl groups excluding tert-OH is 2. The second-order valence-corrected chi connectivity index (χ2v) is 4.37. The summed E-state index contributed by atoms with van der Waals surface area (Å²) in [6.07, 6.45) is -0.909. The molecule has 0 aliphatic rings. The van der Waals surface area contributed by atoms with Crippen LogP contribution >= 0.6 is 7.60 Å². The molecule has 4 N–H and O–H groups in total. The minimum atomic E-state index is -4.41. The Morgan fingerprint density at radius 3 is 1.77 bits per heavy atom. The number of quaternary nitrogens is 1. The molecule has 0 aliphatic carbocycles. The van der Waals surface area contributed by atoms with E-state index in [-0.39, 0.29) is 13.1 Å². The largest absolute Gasteiger partial charge is 0.632 e. The molecule has 8 heteroatoms. The maximum absolute atomic E-state index is 11.4. The van der Waals surface area contributed by atoms with Crippen LogP contribution < -0.4 is 0 Å². The molecule has 13 heavy (non-hydrogen) atoms. The lowest BCUT2D eigenvalue weighted by atomic mass is 10.5. The summed E-state index contributed by atoms with van der Waals surface area (Å²) in [5, 5.41) is 28.4. The quantitative estimate of drug-likeness (QED) is 0.241. The molecule has 0 rings (SSSR count). The molecular weight excluding hydrogens is 201 g/mol. The van der Waals surface area contributed by atoms with Gasteiger partial charge in [0.05, 0.1) is 13.2 Å². The monoisotopic (exact) mass is 215 g/mol. The van der Waals surface area contributed by atoms with E-state index in [1.807, 2.05) is 0 Å². The van der Waals surface area contributed by atoms with E-state index in [2.05, 4.69) is 0 Å². The third kappa shape index (κ3) is 6.11. The molecule has 0 heterocycles. The van der Waals surface area contributed by atoms with Gasteiger partial charge in [0.15, 0.2) is 6.29 Å². The van der Waals surface area contributed by atoms with E-state index in [4.69, 9.17) is 20.0 Å². The van der Waals surface area contributed by atoms with Gasteiger partial charge in [0.25, 0.3) is 0 Å². The minimum absolute atomic E-state index is 0.328. The number of aliphatic hydroxyl groups is 2. The van der Waals surface area contributed by atoms with Crippen LogP contribution in [0.3, 0.4) is 0 Å². The van der Waals surface area contributed by atoms with Crippen molar-refractivity contribution in [1.82, 2.24) is 0 Å². The Balaban J connectivity index is 4.31. The lowest BCUT2D eigenvalue weighted by molar-refractivity contribution is -0.870. The van der Waals surface area contributed by atoms with Crippen molar-refractivity contribution in [2.45, 2.75) is 0 Å². The summed E-state index contributed by atoms with van der Waals surface area (Å²) >= 11 is 0. The minimum Gasteiger partial charge on any atom is -0.632 e. The van der Waals surface area contributed by atoms with E-state index < -0.39 is 31.7 Å². The van der Waals surface area contributed by atoms with Crippen molar-refractivity contribution >= 4 is 7.60 Å². The van der Waals surface area contributed by atoms with Crippen molar-refractivity contribution < 1.29 is 29.2 Å². The van der Waals surface area contributed by atoms with Crippen LogP contribution in [0.4, 0.5) is 0 Å². The Kier molecular flexibility index (Phi) is 5.01. The van der Waals surface area contributed by atoms with E-state index in [9.17, 15) is 9.77 Å². The van der Waals surface area contributed by atoms with Crippen molar-refractivity contribution in [2.75, 3.05) is 32.6 Å². The lowest BCUT2D eigenvalue weighted by Crippen LogP contribution is -2.46. The lowest BCUT2D eigenvalue weighted by Gasteiger charge is -2.41. The molecule has 0 aromatic heterocycles. The zero-order chi connectivity index (χ0) is 10.5. The summed E-state index contributed by atoms with van der Waals surface area (Å²) < 4.78 is 9.25. The summed E-state index contributed by atoms with van der Waals surface area (Å²) in [5.41, 5.74) is 0. The fourth-order valence-corrected chi connectivity index (χ4v) is 1.91. The van der Waals surface area contributed by atoms with Gasteiger partial charge in [-0.2, -0.15) is 0 Å². The highest BCUT2D eigenvalue weighted by Crippen LogP contribution is 2.37. The average molecular weight is 215 g/mol. The SMILES string of the molecule is O=P(O)(O)C[N+]([O-])(CCO)CCO. The molecule has 80 valence electrons. The molecule has 0 saturated carbocycles. The Hall–Kier alpha value is -0.0100. The topological polar surface area (TPSA) is 121 Å². The molecule has 0 bridgehead atoms. The summed E-state index contributed by atoms with van der Waals surface area (Å²) in [6.45, 7) is -1.59. The van der Waals surface area contributed by atoms with Crippen LogP contribution in [-0.4, -0.2) is 57.2 Å². The summed E-state index contributed by atoms with van der Waals surface area (Å²) in [7, 11) is -4.41. The van der Waals surface area contributed by atoms with Crippen LogP contribution in [0.5, 0.6) is 0 Å². The molecule has 0 aliphatic heterocycles. The van der Waals surface area contributed by atoms with E-state index in [0.717, 1.165) is 0 Å². The van der Waals surface area contributed by atoms with Crippen LogP contribution in [0, 0.1) is 5.21 Å². The Bertz CT molecular complexity index is 185. The first kappa shape index (κ1) is 13.0. The van der Waals surface area contributed by atoms with Gasteiger partial charge < -0.3 is 29.9 Å². The Morgan fingerprint density at radius 2 is 1.54 bits per heavy atom. The second-order valence-electron chi connectivity index (χ2n) is 2.76. The van der Waals surface area contributed by atoms with Crippen LogP contribution in [0.2, 0.25) is 0 Å². The van der Waals surface area contributed by atoms with E-state index in [0.29, 0.717) is 0 Å². The van der Waals surface area contributed by atoms with Crippen molar-refractivity contribution in [3.63, 3.8) is 0 Å². The van der Waals surface area contributed by atoms with Crippen molar-refractivity contribution in [2.24, 2.45) is 0 Å². The highest BCUT2D eigenvalue weighted by atomic mass is 31.2. The molecule has 7 nitrogen and oxygen atoms in total. The van der Waals surface area contributed by atoms with E-state index in [1.54, 1.807) is 0 Å². The van der Waals surface area contributed by atoms with Gasteiger partial charge in [-0.15, -0.1) is 0 Å². The Labute approximate surface area is 75.6 Å². The summed E-state index contributed by atoms with van der Waals surface area (Å²) in [6, 6.07) is 0. The Morgan fingerprint density at radius 1 is 1.15 bits per heavy atom. The zero-order valence-corrected chi connectivity index (χ0v) is 7.93. The van der Waals surface area contributed by atoms with Gasteiger partial charge in [-0.3, -0.25) is 4.57 Å². The van der Waals surface area contributed by atoms with E-state index >= 15 is 0 Å². The number of rotatable bonds is 6. The number of hydroxylamine groups is 3. The van der Waals surface area contributed by atoms with Crippen LogP contribution in [0.1, 0.15) is 0 Å².